The number of fused-ring (bicyclic) bond motifs is 1. The van der Waals surface area contributed by atoms with Gasteiger partial charge in [-0.3, -0.25) is 0 Å². The molecule has 1 aliphatic carbocycles. The number of benzene rings is 4. The van der Waals surface area contributed by atoms with Gasteiger partial charge < -0.3 is 14.4 Å². The summed E-state index contributed by atoms with van der Waals surface area (Å²) in [5.41, 5.74) is 8.92. The average molecular weight is 532 g/mol. The fourth-order valence-corrected chi connectivity index (χ4v) is 5.63. The van der Waals surface area contributed by atoms with Crippen molar-refractivity contribution in [1.29, 1.82) is 0 Å². The van der Waals surface area contributed by atoms with E-state index < -0.39 is 0 Å². The van der Waals surface area contributed by atoms with Gasteiger partial charge in [0, 0.05) is 6.54 Å². The first-order chi connectivity index (χ1) is 19.6. The third-order valence-electron chi connectivity index (χ3n) is 7.80. The number of hydrogen-bond acceptors (Lipinski definition) is 3. The molecule has 0 aromatic heterocycles. The van der Waals surface area contributed by atoms with E-state index >= 15 is 0 Å². The molecule has 0 bridgehead atoms. The predicted octanol–water partition coefficient (Wildman–Crippen LogP) is 7.80. The topological polar surface area (TPSA) is 21.7 Å². The van der Waals surface area contributed by atoms with Crippen molar-refractivity contribution in [3.05, 3.63) is 137 Å². The van der Waals surface area contributed by atoms with Gasteiger partial charge in [-0.25, -0.2) is 0 Å². The highest BCUT2D eigenvalue weighted by Gasteiger charge is 2.23. The number of hydrogen-bond donors (Lipinski definition) is 0. The molecular weight excluding hydrogens is 490 g/mol. The summed E-state index contributed by atoms with van der Waals surface area (Å²) in [6.07, 6.45) is 3.33. The molecule has 4 aromatic carbocycles. The van der Waals surface area contributed by atoms with Gasteiger partial charge in [-0.2, -0.15) is 0 Å². The fourth-order valence-electron chi connectivity index (χ4n) is 5.63. The average Bonchev–Trinajstić information content (AvgIpc) is 2.99. The van der Waals surface area contributed by atoms with Gasteiger partial charge in [0.05, 0.1) is 12.7 Å². The Labute approximate surface area is 240 Å². The van der Waals surface area contributed by atoms with E-state index in [0.29, 0.717) is 12.5 Å². The number of nitrogens with zero attached hydrogens (tertiary/aromatic N) is 1. The highest BCUT2D eigenvalue weighted by Crippen LogP contribution is 2.37. The summed E-state index contributed by atoms with van der Waals surface area (Å²) in [5, 5.41) is 0. The van der Waals surface area contributed by atoms with Crippen molar-refractivity contribution in [3.8, 4) is 5.75 Å². The van der Waals surface area contributed by atoms with Gasteiger partial charge in [0.15, 0.2) is 0 Å². The van der Waals surface area contributed by atoms with Crippen LogP contribution in [0.3, 0.4) is 0 Å². The van der Waals surface area contributed by atoms with Gasteiger partial charge in [0.1, 0.15) is 12.4 Å². The molecule has 2 unspecified atom stereocenters. The minimum absolute atomic E-state index is 0.0780. The van der Waals surface area contributed by atoms with Crippen molar-refractivity contribution < 1.29 is 9.47 Å². The van der Waals surface area contributed by atoms with Crippen LogP contribution in [-0.4, -0.2) is 44.9 Å². The van der Waals surface area contributed by atoms with Crippen LogP contribution < -0.4 is 4.74 Å². The van der Waals surface area contributed by atoms with Gasteiger partial charge in [-0.05, 0) is 97.3 Å². The van der Waals surface area contributed by atoms with E-state index in [1.54, 1.807) is 0 Å². The SMILES string of the molecule is CC(OCC1CCc2ccccc2C1)/C(=C(\c1ccccc1)c1ccc(OCCN(C)C)cc1)c1ccccc1. The zero-order chi connectivity index (χ0) is 27.7. The summed E-state index contributed by atoms with van der Waals surface area (Å²) >= 11 is 0. The van der Waals surface area contributed by atoms with Crippen molar-refractivity contribution in [2.45, 2.75) is 32.3 Å². The van der Waals surface area contributed by atoms with Crippen LogP contribution in [0, 0.1) is 5.92 Å². The Bertz CT molecular complexity index is 1380. The maximum absolute atomic E-state index is 6.75. The van der Waals surface area contributed by atoms with Crippen molar-refractivity contribution >= 4 is 11.1 Å². The first-order valence-electron chi connectivity index (χ1n) is 14.5. The normalized spacial score (nSPS) is 16.2. The lowest BCUT2D eigenvalue weighted by Gasteiger charge is -2.28. The van der Waals surface area contributed by atoms with Gasteiger partial charge in [-0.15, -0.1) is 0 Å². The summed E-state index contributed by atoms with van der Waals surface area (Å²) in [6.45, 7) is 4.52. The lowest BCUT2D eigenvalue weighted by Crippen LogP contribution is -2.23. The number of likely N-dealkylation sites (N-methyl/N-ethyl adjacent to an activating group) is 1. The molecule has 3 nitrogen and oxygen atoms in total. The summed E-state index contributed by atoms with van der Waals surface area (Å²) < 4.78 is 12.7. The minimum atomic E-state index is -0.0780. The standard InChI is InChI=1S/C37H41NO2/c1-28(40-27-29-18-19-30-12-10-11-17-34(30)26-29)36(31-13-6-4-7-14-31)37(32-15-8-5-9-16-32)33-20-22-35(23-21-33)39-25-24-38(2)3/h4-17,20-23,28-29H,18-19,24-27H2,1-3H3/b37-36-. The molecule has 5 rings (SSSR count). The Morgan fingerprint density at radius 1 is 0.750 bits per heavy atom. The van der Waals surface area contributed by atoms with E-state index in [1.807, 2.05) is 0 Å². The molecule has 0 spiro atoms. The number of ether oxygens (including phenoxy) is 2. The van der Waals surface area contributed by atoms with Crippen molar-refractivity contribution in [2.24, 2.45) is 5.92 Å². The van der Waals surface area contributed by atoms with Crippen LogP contribution in [0.4, 0.5) is 0 Å². The van der Waals surface area contributed by atoms with Crippen molar-refractivity contribution in [3.63, 3.8) is 0 Å². The molecule has 2 atom stereocenters. The molecule has 0 heterocycles. The zero-order valence-electron chi connectivity index (χ0n) is 24.1. The number of rotatable bonds is 11. The summed E-state index contributed by atoms with van der Waals surface area (Å²) in [6, 6.07) is 38.8. The molecule has 0 N–H and O–H groups in total. The van der Waals surface area contributed by atoms with Crippen LogP contribution >= 0.6 is 0 Å². The highest BCUT2D eigenvalue weighted by atomic mass is 16.5. The third kappa shape index (κ3) is 7.10. The van der Waals surface area contributed by atoms with Gasteiger partial charge >= 0.3 is 0 Å². The highest BCUT2D eigenvalue weighted by molar-refractivity contribution is 6.00. The van der Waals surface area contributed by atoms with Crippen LogP contribution in [0.1, 0.15) is 41.2 Å². The Morgan fingerprint density at radius 3 is 2.02 bits per heavy atom. The van der Waals surface area contributed by atoms with Crippen LogP contribution in [0.15, 0.2) is 109 Å². The second-order valence-electron chi connectivity index (χ2n) is 11.0. The van der Waals surface area contributed by atoms with E-state index in [-0.39, 0.29) is 6.10 Å². The van der Waals surface area contributed by atoms with E-state index in [4.69, 9.17) is 9.47 Å². The van der Waals surface area contributed by atoms with Gasteiger partial charge in [-0.1, -0.05) is 97.1 Å². The maximum atomic E-state index is 6.75. The fraction of sp³-hybridized carbons (Fsp3) is 0.297. The molecule has 4 aromatic rings. The zero-order valence-corrected chi connectivity index (χ0v) is 24.1. The Kier molecular flexibility index (Phi) is 9.49. The third-order valence-corrected chi connectivity index (χ3v) is 7.80. The molecule has 206 valence electrons. The van der Waals surface area contributed by atoms with E-state index in [0.717, 1.165) is 37.3 Å². The second kappa shape index (κ2) is 13.6. The molecule has 0 amide bonds. The van der Waals surface area contributed by atoms with Crippen molar-refractivity contribution in [2.75, 3.05) is 33.9 Å². The van der Waals surface area contributed by atoms with Crippen LogP contribution in [-0.2, 0) is 17.6 Å². The maximum Gasteiger partial charge on any atom is 0.119 e. The molecule has 3 heteroatoms. The summed E-state index contributed by atoms with van der Waals surface area (Å²) in [7, 11) is 4.12. The van der Waals surface area contributed by atoms with Crippen molar-refractivity contribution in [1.82, 2.24) is 4.90 Å². The quantitative estimate of drug-likeness (QED) is 0.184. The minimum Gasteiger partial charge on any atom is -0.492 e. The van der Waals surface area contributed by atoms with E-state index in [9.17, 15) is 0 Å². The van der Waals surface area contributed by atoms with Crippen LogP contribution in [0.2, 0.25) is 0 Å². The Hall–Kier alpha value is -3.66. The summed E-state index contributed by atoms with van der Waals surface area (Å²) in [5.74, 6) is 1.43. The molecule has 0 fully saturated rings. The smallest absolute Gasteiger partial charge is 0.119 e. The lowest BCUT2D eigenvalue weighted by atomic mass is 9.84. The molecular formula is C37H41NO2. The molecule has 0 aliphatic heterocycles. The monoisotopic (exact) mass is 531 g/mol. The van der Waals surface area contributed by atoms with E-state index in [2.05, 4.69) is 135 Å². The van der Waals surface area contributed by atoms with Gasteiger partial charge in [0.2, 0.25) is 0 Å². The largest absolute Gasteiger partial charge is 0.492 e. The first kappa shape index (κ1) is 27.9. The molecule has 1 aliphatic rings. The molecule has 0 saturated heterocycles. The Morgan fingerprint density at radius 2 is 1.35 bits per heavy atom. The lowest BCUT2D eigenvalue weighted by molar-refractivity contribution is 0.0688. The molecule has 40 heavy (non-hydrogen) atoms. The predicted molar refractivity (Wildman–Crippen MR) is 167 cm³/mol. The second-order valence-corrected chi connectivity index (χ2v) is 11.0. The molecule has 0 radical (unpaired) electrons. The van der Waals surface area contributed by atoms with Crippen LogP contribution in [0.5, 0.6) is 5.75 Å². The van der Waals surface area contributed by atoms with Crippen LogP contribution in [0.25, 0.3) is 11.1 Å². The van der Waals surface area contributed by atoms with Gasteiger partial charge in [0.25, 0.3) is 0 Å². The van der Waals surface area contributed by atoms with E-state index in [1.165, 1.54) is 39.8 Å². The Balaban J connectivity index is 1.46. The number of aryl methyl sites for hydroxylation is 1. The summed E-state index contributed by atoms with van der Waals surface area (Å²) in [4.78, 5) is 2.13. The molecule has 0 saturated carbocycles. The first-order valence-corrected chi connectivity index (χ1v) is 14.5.